The largest absolute Gasteiger partial charge is 0.344 e. The first-order chi connectivity index (χ1) is 9.52. The fourth-order valence-electron chi connectivity index (χ4n) is 1.90. The average Bonchev–Trinajstić information content (AvgIpc) is 2.46. The van der Waals surface area contributed by atoms with E-state index in [0.29, 0.717) is 11.1 Å². The molecule has 0 spiro atoms. The summed E-state index contributed by atoms with van der Waals surface area (Å²) in [6.45, 7) is 1.55. The van der Waals surface area contributed by atoms with E-state index >= 15 is 0 Å². The zero-order valence-electron chi connectivity index (χ0n) is 11.2. The molecule has 2 rings (SSSR count). The van der Waals surface area contributed by atoms with Crippen LogP contribution in [0.3, 0.4) is 0 Å². The lowest BCUT2D eigenvalue weighted by atomic mass is 10.1. The van der Waals surface area contributed by atoms with E-state index in [1.807, 2.05) is 42.3 Å². The number of hydrogen-bond donors (Lipinski definition) is 0. The van der Waals surface area contributed by atoms with E-state index in [4.69, 9.17) is 5.26 Å². The molecule has 0 heterocycles. The lowest BCUT2D eigenvalue weighted by Crippen LogP contribution is -2.10. The fourth-order valence-corrected chi connectivity index (χ4v) is 2.54. The summed E-state index contributed by atoms with van der Waals surface area (Å²) in [6.07, 6.45) is 0. The van der Waals surface area contributed by atoms with Crippen molar-refractivity contribution in [1.29, 1.82) is 5.26 Å². The SMILES string of the molecule is CC(=O)c1ccc(N(C)c2ccc(C#N)cc2)c(Br)c1. The van der Waals surface area contributed by atoms with Crippen LogP contribution in [0.1, 0.15) is 22.8 Å². The van der Waals surface area contributed by atoms with Gasteiger partial charge in [0, 0.05) is 22.8 Å². The summed E-state index contributed by atoms with van der Waals surface area (Å²) in [5.41, 5.74) is 3.24. The van der Waals surface area contributed by atoms with Gasteiger partial charge < -0.3 is 4.90 Å². The molecule has 2 aromatic rings. The van der Waals surface area contributed by atoms with Gasteiger partial charge in [-0.3, -0.25) is 4.79 Å². The molecule has 0 saturated heterocycles. The Balaban J connectivity index is 2.35. The van der Waals surface area contributed by atoms with Gasteiger partial charge in [-0.2, -0.15) is 5.26 Å². The first kappa shape index (κ1) is 14.3. The molecule has 0 N–H and O–H groups in total. The molecule has 0 atom stereocenters. The van der Waals surface area contributed by atoms with E-state index in [2.05, 4.69) is 22.0 Å². The number of nitrogens with zero attached hydrogens (tertiary/aromatic N) is 2. The highest BCUT2D eigenvalue weighted by atomic mass is 79.9. The quantitative estimate of drug-likeness (QED) is 0.789. The summed E-state index contributed by atoms with van der Waals surface area (Å²) in [6, 6.07) is 15.0. The number of ketones is 1. The van der Waals surface area contributed by atoms with Crippen molar-refractivity contribution in [1.82, 2.24) is 0 Å². The second-order valence-electron chi connectivity index (χ2n) is 4.44. The van der Waals surface area contributed by atoms with E-state index in [1.165, 1.54) is 0 Å². The van der Waals surface area contributed by atoms with Gasteiger partial charge in [-0.15, -0.1) is 0 Å². The molecule has 0 aromatic heterocycles. The Morgan fingerprint density at radius 2 is 1.85 bits per heavy atom. The minimum absolute atomic E-state index is 0.0401. The predicted octanol–water partition coefficient (Wildman–Crippen LogP) is 4.29. The highest BCUT2D eigenvalue weighted by molar-refractivity contribution is 9.10. The molecule has 0 bridgehead atoms. The fraction of sp³-hybridized carbons (Fsp3) is 0.125. The second-order valence-corrected chi connectivity index (χ2v) is 5.29. The normalized spacial score (nSPS) is 9.90. The maximum absolute atomic E-state index is 11.4. The number of Topliss-reactive ketones (excluding diaryl/α,β-unsaturated/α-hetero) is 1. The molecule has 0 aliphatic carbocycles. The number of halogens is 1. The summed E-state index contributed by atoms with van der Waals surface area (Å²) < 4.78 is 0.858. The van der Waals surface area contributed by atoms with Crippen LogP contribution in [0.5, 0.6) is 0 Å². The van der Waals surface area contributed by atoms with Crippen molar-refractivity contribution in [2.75, 3.05) is 11.9 Å². The Morgan fingerprint density at radius 3 is 2.35 bits per heavy atom. The first-order valence-electron chi connectivity index (χ1n) is 6.07. The molecule has 0 aliphatic rings. The molecule has 2 aromatic carbocycles. The van der Waals surface area contributed by atoms with Gasteiger partial charge in [0.25, 0.3) is 0 Å². The van der Waals surface area contributed by atoms with Crippen LogP contribution in [0.4, 0.5) is 11.4 Å². The molecule has 0 fully saturated rings. The third-order valence-electron chi connectivity index (χ3n) is 3.10. The van der Waals surface area contributed by atoms with Crippen LogP contribution in [-0.4, -0.2) is 12.8 Å². The predicted molar refractivity (Wildman–Crippen MR) is 83.4 cm³/mol. The lowest BCUT2D eigenvalue weighted by Gasteiger charge is -2.21. The molecule has 0 saturated carbocycles. The van der Waals surface area contributed by atoms with Crippen LogP contribution in [0.15, 0.2) is 46.9 Å². The van der Waals surface area contributed by atoms with Crippen molar-refractivity contribution in [2.24, 2.45) is 0 Å². The summed E-state index contributed by atoms with van der Waals surface area (Å²) in [7, 11) is 1.94. The maximum atomic E-state index is 11.4. The Hall–Kier alpha value is -2.12. The average molecular weight is 329 g/mol. The van der Waals surface area contributed by atoms with Crippen LogP contribution < -0.4 is 4.90 Å². The van der Waals surface area contributed by atoms with Crippen LogP contribution in [0, 0.1) is 11.3 Å². The molecule has 0 aliphatic heterocycles. The molecule has 0 radical (unpaired) electrons. The zero-order valence-corrected chi connectivity index (χ0v) is 12.8. The van der Waals surface area contributed by atoms with Crippen molar-refractivity contribution in [3.05, 3.63) is 58.1 Å². The van der Waals surface area contributed by atoms with Gasteiger partial charge in [0.15, 0.2) is 5.78 Å². The number of hydrogen-bond acceptors (Lipinski definition) is 3. The minimum atomic E-state index is 0.0401. The molecule has 0 amide bonds. The molecular formula is C16H13BrN2O. The number of nitriles is 1. The van der Waals surface area contributed by atoms with Crippen molar-refractivity contribution in [2.45, 2.75) is 6.92 Å². The molecule has 4 heteroatoms. The van der Waals surface area contributed by atoms with E-state index in [-0.39, 0.29) is 5.78 Å². The zero-order chi connectivity index (χ0) is 14.7. The van der Waals surface area contributed by atoms with Gasteiger partial charge in [0.05, 0.1) is 17.3 Å². The molecule has 20 heavy (non-hydrogen) atoms. The van der Waals surface area contributed by atoms with E-state index in [9.17, 15) is 4.79 Å². The minimum Gasteiger partial charge on any atom is -0.344 e. The lowest BCUT2D eigenvalue weighted by molar-refractivity contribution is 0.101. The monoisotopic (exact) mass is 328 g/mol. The van der Waals surface area contributed by atoms with Gasteiger partial charge in [-0.25, -0.2) is 0 Å². The van der Waals surface area contributed by atoms with E-state index in [1.54, 1.807) is 19.1 Å². The first-order valence-corrected chi connectivity index (χ1v) is 6.86. The van der Waals surface area contributed by atoms with Gasteiger partial charge in [-0.05, 0) is 65.3 Å². The highest BCUT2D eigenvalue weighted by Gasteiger charge is 2.10. The summed E-state index contributed by atoms with van der Waals surface area (Å²) in [5, 5.41) is 8.81. The van der Waals surface area contributed by atoms with Crippen molar-refractivity contribution in [3.63, 3.8) is 0 Å². The summed E-state index contributed by atoms with van der Waals surface area (Å²) in [4.78, 5) is 13.3. The van der Waals surface area contributed by atoms with Gasteiger partial charge >= 0.3 is 0 Å². The van der Waals surface area contributed by atoms with Crippen molar-refractivity contribution < 1.29 is 4.79 Å². The highest BCUT2D eigenvalue weighted by Crippen LogP contribution is 2.31. The van der Waals surface area contributed by atoms with Crippen LogP contribution >= 0.6 is 15.9 Å². The van der Waals surface area contributed by atoms with Gasteiger partial charge in [0.2, 0.25) is 0 Å². The molecule has 3 nitrogen and oxygen atoms in total. The molecule has 100 valence electrons. The van der Waals surface area contributed by atoms with Gasteiger partial charge in [0.1, 0.15) is 0 Å². The number of carbonyl (C=O) groups is 1. The molecular weight excluding hydrogens is 316 g/mol. The Labute approximate surface area is 126 Å². The van der Waals surface area contributed by atoms with Crippen LogP contribution in [-0.2, 0) is 0 Å². The Bertz CT molecular complexity index is 687. The number of rotatable bonds is 3. The Morgan fingerprint density at radius 1 is 1.20 bits per heavy atom. The van der Waals surface area contributed by atoms with E-state index < -0.39 is 0 Å². The number of benzene rings is 2. The third kappa shape index (κ3) is 2.89. The molecule has 0 unspecified atom stereocenters. The van der Waals surface area contributed by atoms with Crippen LogP contribution in [0.2, 0.25) is 0 Å². The number of carbonyl (C=O) groups excluding carboxylic acids is 1. The smallest absolute Gasteiger partial charge is 0.159 e. The second kappa shape index (κ2) is 5.89. The number of anilines is 2. The third-order valence-corrected chi connectivity index (χ3v) is 3.73. The van der Waals surface area contributed by atoms with Crippen LogP contribution in [0.25, 0.3) is 0 Å². The maximum Gasteiger partial charge on any atom is 0.159 e. The topological polar surface area (TPSA) is 44.1 Å². The Kier molecular flexibility index (Phi) is 4.21. The van der Waals surface area contributed by atoms with Crippen molar-refractivity contribution in [3.8, 4) is 6.07 Å². The standard InChI is InChI=1S/C16H13BrN2O/c1-11(20)13-5-8-16(15(17)9-13)19(2)14-6-3-12(10-18)4-7-14/h3-9H,1-2H3. The van der Waals surface area contributed by atoms with E-state index in [0.717, 1.165) is 15.8 Å². The van der Waals surface area contributed by atoms with Crippen molar-refractivity contribution >= 4 is 33.1 Å². The summed E-state index contributed by atoms with van der Waals surface area (Å²) in [5.74, 6) is 0.0401. The summed E-state index contributed by atoms with van der Waals surface area (Å²) >= 11 is 3.50. The van der Waals surface area contributed by atoms with Gasteiger partial charge in [-0.1, -0.05) is 0 Å².